The second kappa shape index (κ2) is 3.90. The lowest BCUT2D eigenvalue weighted by Crippen LogP contribution is -2.50. The molecule has 2 unspecified atom stereocenters. The minimum atomic E-state index is -1.30. The normalized spacial score (nSPS) is 26.6. The highest BCUT2D eigenvalue weighted by Crippen LogP contribution is 2.46. The molecule has 1 aromatic carbocycles. The molecule has 1 amide bonds. The predicted octanol–water partition coefficient (Wildman–Crippen LogP) is 2.06. The fourth-order valence-electron chi connectivity index (χ4n) is 3.23. The summed E-state index contributed by atoms with van der Waals surface area (Å²) in [6, 6.07) is 5.08. The van der Waals surface area contributed by atoms with E-state index in [1.54, 1.807) is 23.1 Å². The van der Waals surface area contributed by atoms with E-state index < -0.39 is 5.72 Å². The van der Waals surface area contributed by atoms with Gasteiger partial charge in [-0.05, 0) is 19.4 Å². The van der Waals surface area contributed by atoms with Gasteiger partial charge >= 0.3 is 0 Å². The van der Waals surface area contributed by atoms with Gasteiger partial charge in [-0.3, -0.25) is 9.59 Å². The van der Waals surface area contributed by atoms with E-state index in [2.05, 4.69) is 0 Å². The van der Waals surface area contributed by atoms with Crippen molar-refractivity contribution < 1.29 is 14.7 Å². The Labute approximate surface area is 112 Å². The highest BCUT2D eigenvalue weighted by atomic mass is 16.3. The van der Waals surface area contributed by atoms with Gasteiger partial charge in [0, 0.05) is 35.6 Å². The largest absolute Gasteiger partial charge is 0.367 e. The fourth-order valence-corrected chi connectivity index (χ4v) is 3.23. The van der Waals surface area contributed by atoms with Crippen LogP contribution in [0.2, 0.25) is 0 Å². The Morgan fingerprint density at radius 1 is 1.37 bits per heavy atom. The smallest absolute Gasteiger partial charge is 0.257 e. The molecule has 1 aromatic rings. The number of carbonyl (C=O) groups excluding carboxylic acids is 2. The first-order valence-corrected chi connectivity index (χ1v) is 6.73. The van der Waals surface area contributed by atoms with Crippen molar-refractivity contribution in [1.29, 1.82) is 0 Å². The van der Waals surface area contributed by atoms with Crippen LogP contribution < -0.4 is 0 Å². The van der Waals surface area contributed by atoms with Crippen molar-refractivity contribution in [3.05, 3.63) is 34.9 Å². The lowest BCUT2D eigenvalue weighted by Gasteiger charge is -2.40. The number of benzene rings is 1. The highest BCUT2D eigenvalue weighted by Gasteiger charge is 2.53. The third-order valence-electron chi connectivity index (χ3n) is 4.35. The lowest BCUT2D eigenvalue weighted by atomic mass is 9.83. The predicted molar refractivity (Wildman–Crippen MR) is 69.8 cm³/mol. The quantitative estimate of drug-likeness (QED) is 0.884. The molecule has 100 valence electrons. The zero-order valence-corrected chi connectivity index (χ0v) is 11.1. The zero-order chi connectivity index (χ0) is 13.8. The first kappa shape index (κ1) is 12.4. The maximum Gasteiger partial charge on any atom is 0.257 e. The summed E-state index contributed by atoms with van der Waals surface area (Å²) in [5, 5.41) is 11.0. The molecule has 0 spiro atoms. The van der Waals surface area contributed by atoms with E-state index in [0.29, 0.717) is 23.1 Å². The first-order valence-electron chi connectivity index (χ1n) is 6.73. The fraction of sp³-hybridized carbons (Fsp3) is 0.467. The number of carbonyl (C=O) groups is 2. The molecule has 1 heterocycles. The molecular weight excluding hydrogens is 242 g/mol. The highest BCUT2D eigenvalue weighted by molar-refractivity contribution is 6.07. The van der Waals surface area contributed by atoms with Gasteiger partial charge in [-0.1, -0.05) is 19.1 Å². The number of hydrogen-bond acceptors (Lipinski definition) is 3. The van der Waals surface area contributed by atoms with E-state index in [-0.39, 0.29) is 24.2 Å². The van der Waals surface area contributed by atoms with Crippen LogP contribution in [0, 0.1) is 0 Å². The summed E-state index contributed by atoms with van der Waals surface area (Å²) in [5.74, 6) is -0.149. The average Bonchev–Trinajstić information content (AvgIpc) is 2.64. The minimum absolute atomic E-state index is 0.0142. The summed E-state index contributed by atoms with van der Waals surface area (Å²) < 4.78 is 0. The maximum absolute atomic E-state index is 12.5. The van der Waals surface area contributed by atoms with Gasteiger partial charge in [0.2, 0.25) is 0 Å². The number of Topliss-reactive ketones (excluding diaryl/α,β-unsaturated/α-hetero) is 1. The van der Waals surface area contributed by atoms with Gasteiger partial charge in [0.1, 0.15) is 0 Å². The summed E-state index contributed by atoms with van der Waals surface area (Å²) >= 11 is 0. The average molecular weight is 259 g/mol. The maximum atomic E-state index is 12.5. The summed E-state index contributed by atoms with van der Waals surface area (Å²) in [5.41, 5.74) is 0.210. The molecule has 0 aromatic heterocycles. The summed E-state index contributed by atoms with van der Waals surface area (Å²) in [4.78, 5) is 26.0. The molecule has 19 heavy (non-hydrogen) atoms. The molecule has 4 heteroatoms. The summed E-state index contributed by atoms with van der Waals surface area (Å²) in [7, 11) is 0. The molecule has 0 bridgehead atoms. The van der Waals surface area contributed by atoms with Crippen LogP contribution >= 0.6 is 0 Å². The van der Waals surface area contributed by atoms with E-state index in [1.807, 2.05) is 13.8 Å². The Kier molecular flexibility index (Phi) is 2.54. The van der Waals surface area contributed by atoms with Gasteiger partial charge in [0.25, 0.3) is 5.91 Å². The third kappa shape index (κ3) is 1.43. The van der Waals surface area contributed by atoms with Crippen LogP contribution in [0.3, 0.4) is 0 Å². The molecule has 2 atom stereocenters. The second-order valence-electron chi connectivity index (χ2n) is 5.40. The molecule has 4 nitrogen and oxygen atoms in total. The molecule has 1 aliphatic heterocycles. The number of hydrogen-bond donors (Lipinski definition) is 1. The van der Waals surface area contributed by atoms with Crippen molar-refractivity contribution in [1.82, 2.24) is 4.90 Å². The van der Waals surface area contributed by atoms with Crippen LogP contribution in [-0.2, 0) is 5.72 Å². The standard InChI is InChI=1S/C15H17NO3/c1-3-9(2)16-14(18)11-6-4-5-10-12(17)7-8-15(16,19)13(10)11/h4-6,9,19H,3,7-8H2,1-2H3. The molecule has 0 saturated carbocycles. The Bertz CT molecular complexity index is 581. The summed E-state index contributed by atoms with van der Waals surface area (Å²) in [6.45, 7) is 3.91. The van der Waals surface area contributed by atoms with Gasteiger partial charge in [0.15, 0.2) is 11.5 Å². The number of aliphatic hydroxyl groups is 1. The van der Waals surface area contributed by atoms with Gasteiger partial charge < -0.3 is 10.0 Å². The van der Waals surface area contributed by atoms with Crippen molar-refractivity contribution in [2.24, 2.45) is 0 Å². The van der Waals surface area contributed by atoms with Crippen molar-refractivity contribution in [3.63, 3.8) is 0 Å². The summed E-state index contributed by atoms with van der Waals surface area (Å²) in [6.07, 6.45) is 1.35. The van der Waals surface area contributed by atoms with Crippen LogP contribution in [0.25, 0.3) is 0 Å². The number of amides is 1. The van der Waals surface area contributed by atoms with Crippen LogP contribution in [0.15, 0.2) is 18.2 Å². The van der Waals surface area contributed by atoms with Crippen molar-refractivity contribution in [2.45, 2.75) is 44.9 Å². The van der Waals surface area contributed by atoms with E-state index in [0.717, 1.165) is 6.42 Å². The minimum Gasteiger partial charge on any atom is -0.367 e. The monoisotopic (exact) mass is 259 g/mol. The molecule has 1 N–H and O–H groups in total. The second-order valence-corrected chi connectivity index (χ2v) is 5.40. The molecule has 3 rings (SSSR count). The topological polar surface area (TPSA) is 57.6 Å². The molecule has 0 radical (unpaired) electrons. The van der Waals surface area contributed by atoms with Crippen LogP contribution in [0.1, 0.15) is 59.4 Å². The van der Waals surface area contributed by atoms with E-state index in [1.165, 1.54) is 0 Å². The number of rotatable bonds is 2. The SMILES string of the molecule is CCC(C)N1C(=O)c2cccc3c2C1(O)CCC3=O. The Balaban J connectivity index is 2.25. The van der Waals surface area contributed by atoms with Gasteiger partial charge in [-0.2, -0.15) is 0 Å². The zero-order valence-electron chi connectivity index (χ0n) is 11.1. The molecule has 0 fully saturated rings. The van der Waals surface area contributed by atoms with Crippen LogP contribution in [-0.4, -0.2) is 27.7 Å². The first-order chi connectivity index (χ1) is 9.00. The Morgan fingerprint density at radius 2 is 2.05 bits per heavy atom. The third-order valence-corrected chi connectivity index (χ3v) is 4.35. The Hall–Kier alpha value is -1.68. The Morgan fingerprint density at radius 3 is 2.74 bits per heavy atom. The van der Waals surface area contributed by atoms with E-state index in [9.17, 15) is 14.7 Å². The lowest BCUT2D eigenvalue weighted by molar-refractivity contribution is -0.108. The van der Waals surface area contributed by atoms with Crippen molar-refractivity contribution >= 4 is 11.7 Å². The molecule has 2 aliphatic rings. The molecule has 1 aliphatic carbocycles. The van der Waals surface area contributed by atoms with Crippen molar-refractivity contribution in [2.75, 3.05) is 0 Å². The number of ketones is 1. The van der Waals surface area contributed by atoms with Crippen molar-refractivity contribution in [3.8, 4) is 0 Å². The van der Waals surface area contributed by atoms with E-state index in [4.69, 9.17) is 0 Å². The van der Waals surface area contributed by atoms with E-state index >= 15 is 0 Å². The van der Waals surface area contributed by atoms with Crippen LogP contribution in [0.5, 0.6) is 0 Å². The van der Waals surface area contributed by atoms with Crippen LogP contribution in [0.4, 0.5) is 0 Å². The number of nitrogens with zero attached hydrogens (tertiary/aromatic N) is 1. The molecular formula is C15H17NO3. The van der Waals surface area contributed by atoms with Gasteiger partial charge in [-0.15, -0.1) is 0 Å². The van der Waals surface area contributed by atoms with Gasteiger partial charge in [-0.25, -0.2) is 0 Å². The van der Waals surface area contributed by atoms with Gasteiger partial charge in [0.05, 0.1) is 0 Å². The molecule has 0 saturated heterocycles.